The molecule has 108 valence electrons. The van der Waals surface area contributed by atoms with Gasteiger partial charge >= 0.3 is 0 Å². The largest absolute Gasteiger partial charge is 0.459 e. The Bertz CT molecular complexity index is 817. The van der Waals surface area contributed by atoms with Crippen molar-refractivity contribution in [3.8, 4) is 0 Å². The summed E-state index contributed by atoms with van der Waals surface area (Å²) >= 11 is 6.45. The first-order valence-electron chi connectivity index (χ1n) is 7.62. The number of rotatable bonds is 4. The molecular formula is C18H18ClNO. The van der Waals surface area contributed by atoms with Crippen LogP contribution in [0.2, 0.25) is 5.02 Å². The number of aryl methyl sites for hydroxylation is 1. The molecule has 1 heterocycles. The molecule has 0 unspecified atom stereocenters. The van der Waals surface area contributed by atoms with Crippen molar-refractivity contribution in [3.05, 3.63) is 46.7 Å². The van der Waals surface area contributed by atoms with Gasteiger partial charge in [0.2, 0.25) is 0 Å². The smallest absolute Gasteiger partial charge is 0.142 e. The Balaban J connectivity index is 1.92. The average Bonchev–Trinajstić information content (AvgIpc) is 3.26. The number of halogens is 1. The van der Waals surface area contributed by atoms with Gasteiger partial charge in [0, 0.05) is 32.8 Å². The topological polar surface area (TPSA) is 25.2 Å². The minimum absolute atomic E-state index is 0.684. The van der Waals surface area contributed by atoms with Crippen molar-refractivity contribution in [2.24, 2.45) is 0 Å². The number of hydrogen-bond acceptors (Lipinski definition) is 2. The number of nitrogens with one attached hydrogen (secondary N) is 1. The molecular weight excluding hydrogens is 282 g/mol. The van der Waals surface area contributed by atoms with Gasteiger partial charge in [0.15, 0.2) is 0 Å². The summed E-state index contributed by atoms with van der Waals surface area (Å²) in [5.74, 6) is 1.06. The molecule has 1 aliphatic rings. The van der Waals surface area contributed by atoms with Gasteiger partial charge in [-0.15, -0.1) is 0 Å². The SMILES string of the molecule is CCc1c(CNC2CC2)oc2c1cc(Cl)c1ccccc12. The van der Waals surface area contributed by atoms with Gasteiger partial charge in [-0.3, -0.25) is 0 Å². The molecule has 0 amide bonds. The molecule has 1 aromatic heterocycles. The molecule has 21 heavy (non-hydrogen) atoms. The third-order valence-electron chi connectivity index (χ3n) is 4.31. The fraction of sp³-hybridized carbons (Fsp3) is 0.333. The summed E-state index contributed by atoms with van der Waals surface area (Å²) in [6.07, 6.45) is 3.54. The summed E-state index contributed by atoms with van der Waals surface area (Å²) in [6, 6.07) is 10.9. The van der Waals surface area contributed by atoms with Gasteiger partial charge in [0.25, 0.3) is 0 Å². The summed E-state index contributed by atoms with van der Waals surface area (Å²) in [5.41, 5.74) is 2.25. The second-order valence-corrected chi connectivity index (χ2v) is 6.20. The zero-order chi connectivity index (χ0) is 14.4. The summed E-state index contributed by atoms with van der Waals surface area (Å²) in [4.78, 5) is 0. The summed E-state index contributed by atoms with van der Waals surface area (Å²) < 4.78 is 6.22. The van der Waals surface area contributed by atoms with Crippen molar-refractivity contribution in [2.75, 3.05) is 0 Å². The fourth-order valence-corrected chi connectivity index (χ4v) is 3.30. The van der Waals surface area contributed by atoms with Gasteiger partial charge < -0.3 is 9.73 Å². The van der Waals surface area contributed by atoms with Crippen LogP contribution < -0.4 is 5.32 Å². The molecule has 1 fully saturated rings. The Labute approximate surface area is 129 Å². The van der Waals surface area contributed by atoms with Gasteiger partial charge in [-0.25, -0.2) is 0 Å². The Morgan fingerprint density at radius 2 is 1.95 bits per heavy atom. The minimum Gasteiger partial charge on any atom is -0.459 e. The zero-order valence-electron chi connectivity index (χ0n) is 12.1. The van der Waals surface area contributed by atoms with Crippen molar-refractivity contribution in [1.82, 2.24) is 5.32 Å². The Morgan fingerprint density at radius 3 is 2.67 bits per heavy atom. The van der Waals surface area contributed by atoms with E-state index in [4.69, 9.17) is 16.0 Å². The molecule has 0 spiro atoms. The lowest BCUT2D eigenvalue weighted by Crippen LogP contribution is -2.15. The van der Waals surface area contributed by atoms with Crippen LogP contribution in [0.5, 0.6) is 0 Å². The van der Waals surface area contributed by atoms with E-state index in [0.717, 1.165) is 45.5 Å². The van der Waals surface area contributed by atoms with E-state index < -0.39 is 0 Å². The third-order valence-corrected chi connectivity index (χ3v) is 4.63. The van der Waals surface area contributed by atoms with Crippen LogP contribution in [0.3, 0.4) is 0 Å². The lowest BCUT2D eigenvalue weighted by Gasteiger charge is -2.02. The standard InChI is InChI=1S/C18H18ClNO/c1-2-12-15-9-16(19)13-5-3-4-6-14(13)18(15)21-17(12)10-20-11-7-8-11/h3-6,9,11,20H,2,7-8,10H2,1H3. The highest BCUT2D eigenvalue weighted by Crippen LogP contribution is 2.36. The number of fused-ring (bicyclic) bond motifs is 3. The van der Waals surface area contributed by atoms with Gasteiger partial charge in [-0.2, -0.15) is 0 Å². The van der Waals surface area contributed by atoms with Crippen LogP contribution in [0.4, 0.5) is 0 Å². The second-order valence-electron chi connectivity index (χ2n) is 5.79. The second kappa shape index (κ2) is 5.04. The highest BCUT2D eigenvalue weighted by atomic mass is 35.5. The third kappa shape index (κ3) is 2.23. The first-order chi connectivity index (χ1) is 10.3. The first-order valence-corrected chi connectivity index (χ1v) is 8.00. The van der Waals surface area contributed by atoms with Crippen LogP contribution in [0, 0.1) is 0 Å². The van der Waals surface area contributed by atoms with E-state index in [0.29, 0.717) is 6.04 Å². The maximum absolute atomic E-state index is 6.45. The van der Waals surface area contributed by atoms with Gasteiger partial charge in [-0.1, -0.05) is 42.8 Å². The van der Waals surface area contributed by atoms with Crippen LogP contribution in [0.25, 0.3) is 21.7 Å². The minimum atomic E-state index is 0.684. The molecule has 1 aliphatic carbocycles. The highest BCUT2D eigenvalue weighted by Gasteiger charge is 2.22. The lowest BCUT2D eigenvalue weighted by atomic mass is 10.0. The van der Waals surface area contributed by atoms with Gasteiger partial charge in [-0.05, 0) is 25.3 Å². The van der Waals surface area contributed by atoms with E-state index in [9.17, 15) is 0 Å². The van der Waals surface area contributed by atoms with Crippen molar-refractivity contribution in [2.45, 2.75) is 38.8 Å². The fourth-order valence-electron chi connectivity index (χ4n) is 3.03. The molecule has 1 saturated carbocycles. The van der Waals surface area contributed by atoms with Gasteiger partial charge in [0.05, 0.1) is 6.54 Å². The predicted octanol–water partition coefficient (Wildman–Crippen LogP) is 5.05. The molecule has 0 saturated heterocycles. The number of furan rings is 1. The Morgan fingerprint density at radius 1 is 1.19 bits per heavy atom. The molecule has 0 aliphatic heterocycles. The maximum atomic E-state index is 6.45. The normalized spacial score (nSPS) is 15.1. The molecule has 4 rings (SSSR count). The quantitative estimate of drug-likeness (QED) is 0.729. The lowest BCUT2D eigenvalue weighted by molar-refractivity contribution is 0.508. The predicted molar refractivity (Wildman–Crippen MR) is 88.0 cm³/mol. The summed E-state index contributed by atoms with van der Waals surface area (Å²) in [6.45, 7) is 2.99. The molecule has 3 aromatic rings. The monoisotopic (exact) mass is 299 g/mol. The summed E-state index contributed by atoms with van der Waals surface area (Å²) in [5, 5.41) is 7.67. The van der Waals surface area contributed by atoms with Crippen molar-refractivity contribution < 1.29 is 4.42 Å². The zero-order valence-corrected chi connectivity index (χ0v) is 12.8. The molecule has 2 aromatic carbocycles. The van der Waals surface area contributed by atoms with Crippen molar-refractivity contribution in [3.63, 3.8) is 0 Å². The van der Waals surface area contributed by atoms with E-state index in [-0.39, 0.29) is 0 Å². The van der Waals surface area contributed by atoms with E-state index in [1.807, 2.05) is 18.2 Å². The molecule has 1 N–H and O–H groups in total. The van der Waals surface area contributed by atoms with E-state index in [2.05, 4.69) is 24.4 Å². The van der Waals surface area contributed by atoms with Crippen LogP contribution in [-0.4, -0.2) is 6.04 Å². The van der Waals surface area contributed by atoms with Crippen molar-refractivity contribution in [1.29, 1.82) is 0 Å². The first kappa shape index (κ1) is 13.2. The van der Waals surface area contributed by atoms with Crippen LogP contribution in [-0.2, 0) is 13.0 Å². The molecule has 3 heteroatoms. The molecule has 2 nitrogen and oxygen atoms in total. The Kier molecular flexibility index (Phi) is 3.16. The highest BCUT2D eigenvalue weighted by molar-refractivity contribution is 6.37. The maximum Gasteiger partial charge on any atom is 0.142 e. The van der Waals surface area contributed by atoms with Crippen molar-refractivity contribution >= 4 is 33.3 Å². The van der Waals surface area contributed by atoms with E-state index >= 15 is 0 Å². The Hall–Kier alpha value is -1.51. The van der Waals surface area contributed by atoms with Gasteiger partial charge in [0.1, 0.15) is 11.3 Å². The number of hydrogen-bond donors (Lipinski definition) is 1. The molecule has 0 atom stereocenters. The van der Waals surface area contributed by atoms with E-state index in [1.54, 1.807) is 0 Å². The van der Waals surface area contributed by atoms with Crippen LogP contribution in [0.15, 0.2) is 34.7 Å². The number of benzene rings is 2. The summed E-state index contributed by atoms with van der Waals surface area (Å²) in [7, 11) is 0. The average molecular weight is 300 g/mol. The molecule has 0 radical (unpaired) electrons. The van der Waals surface area contributed by atoms with Crippen LogP contribution >= 0.6 is 11.6 Å². The molecule has 0 bridgehead atoms. The van der Waals surface area contributed by atoms with E-state index in [1.165, 1.54) is 18.4 Å². The van der Waals surface area contributed by atoms with Crippen LogP contribution in [0.1, 0.15) is 31.1 Å².